The van der Waals surface area contributed by atoms with Crippen molar-refractivity contribution in [2.45, 2.75) is 0 Å². The van der Waals surface area contributed by atoms with Gasteiger partial charge < -0.3 is 24.6 Å². The van der Waals surface area contributed by atoms with E-state index in [1.165, 1.54) is 20.4 Å². The van der Waals surface area contributed by atoms with Crippen molar-refractivity contribution in [3.8, 4) is 22.8 Å². The molecule has 11 nitrogen and oxygen atoms in total. The van der Waals surface area contributed by atoms with Crippen LogP contribution >= 0.6 is 23.2 Å². The van der Waals surface area contributed by atoms with E-state index in [4.69, 9.17) is 32.7 Å². The minimum Gasteiger partial charge on any atom is -0.495 e. The van der Waals surface area contributed by atoms with Gasteiger partial charge in [-0.1, -0.05) is 23.2 Å². The van der Waals surface area contributed by atoms with Crippen molar-refractivity contribution < 1.29 is 14.3 Å². The number of pyridine rings is 1. The Morgan fingerprint density at radius 1 is 1.03 bits per heavy atom. The molecule has 3 aromatic heterocycles. The molecule has 1 saturated heterocycles. The third-order valence-corrected chi connectivity index (χ3v) is 6.93. The fourth-order valence-electron chi connectivity index (χ4n) is 4.06. The first-order chi connectivity index (χ1) is 17.9. The molecule has 0 atom stereocenters. The van der Waals surface area contributed by atoms with Crippen molar-refractivity contribution >= 4 is 51.8 Å². The fraction of sp³-hybridized carbons (Fsp3) is 0.292. The van der Waals surface area contributed by atoms with Crippen LogP contribution in [0.4, 0.5) is 11.6 Å². The molecule has 0 bridgehead atoms. The van der Waals surface area contributed by atoms with Crippen LogP contribution in [-0.4, -0.2) is 83.4 Å². The van der Waals surface area contributed by atoms with Crippen LogP contribution in [-0.2, 0) is 0 Å². The standard InChI is InChI=1S/C24H24Cl2N8O3/c1-33-6-8-34(9-7-33)18-12-27-15(11-28-18)24(35)30-23-13-4-5-14(29-22(13)31-32-23)19-20(25)16(36-2)10-17(37-3)21(19)26/h4-5,10-12H,6-9H2,1-3H3,(H2,29,30,31,32,35). The predicted molar refractivity (Wildman–Crippen MR) is 142 cm³/mol. The minimum atomic E-state index is -0.432. The van der Waals surface area contributed by atoms with E-state index >= 15 is 0 Å². The van der Waals surface area contributed by atoms with Gasteiger partial charge in [0.2, 0.25) is 0 Å². The number of rotatable bonds is 6. The molecule has 1 aromatic carbocycles. The van der Waals surface area contributed by atoms with Gasteiger partial charge in [-0.15, -0.1) is 0 Å². The number of likely N-dealkylation sites (N-methyl/N-ethyl adjacent to an activating group) is 1. The summed E-state index contributed by atoms with van der Waals surface area (Å²) in [5.74, 6) is 1.43. The van der Waals surface area contributed by atoms with Crippen molar-refractivity contribution in [2.75, 3.05) is 57.7 Å². The number of hydrogen-bond acceptors (Lipinski definition) is 9. The van der Waals surface area contributed by atoms with Gasteiger partial charge in [-0.3, -0.25) is 9.89 Å². The number of piperazine rings is 1. The molecule has 13 heteroatoms. The van der Waals surface area contributed by atoms with Gasteiger partial charge in [-0.2, -0.15) is 5.10 Å². The molecule has 4 heterocycles. The smallest absolute Gasteiger partial charge is 0.277 e. The number of hydrogen-bond donors (Lipinski definition) is 2. The third kappa shape index (κ3) is 4.85. The maximum atomic E-state index is 12.8. The number of carbonyl (C=O) groups is 1. The summed E-state index contributed by atoms with van der Waals surface area (Å²) in [6.07, 6.45) is 3.08. The number of amides is 1. The quantitative estimate of drug-likeness (QED) is 0.375. The number of benzene rings is 1. The second-order valence-electron chi connectivity index (χ2n) is 8.45. The molecule has 0 aliphatic carbocycles. The molecule has 192 valence electrons. The maximum Gasteiger partial charge on any atom is 0.277 e. The molecule has 0 radical (unpaired) electrons. The summed E-state index contributed by atoms with van der Waals surface area (Å²) in [6, 6.07) is 5.10. The van der Waals surface area contributed by atoms with E-state index in [0.717, 1.165) is 32.0 Å². The van der Waals surface area contributed by atoms with E-state index in [-0.39, 0.29) is 5.69 Å². The van der Waals surface area contributed by atoms with Gasteiger partial charge in [-0.05, 0) is 19.2 Å². The molecule has 0 unspecified atom stereocenters. The Balaban J connectivity index is 1.37. The molecule has 1 aliphatic heterocycles. The average molecular weight is 543 g/mol. The van der Waals surface area contributed by atoms with Crippen LogP contribution < -0.4 is 19.7 Å². The Morgan fingerprint density at radius 2 is 1.73 bits per heavy atom. The second kappa shape index (κ2) is 10.4. The van der Waals surface area contributed by atoms with Crippen molar-refractivity contribution in [2.24, 2.45) is 0 Å². The summed E-state index contributed by atoms with van der Waals surface area (Å²) in [5.41, 5.74) is 1.54. The zero-order chi connectivity index (χ0) is 26.1. The number of nitrogens with one attached hydrogen (secondary N) is 2. The Bertz CT molecular complexity index is 1420. The zero-order valence-electron chi connectivity index (χ0n) is 20.4. The molecule has 37 heavy (non-hydrogen) atoms. The number of nitrogens with zero attached hydrogens (tertiary/aromatic N) is 6. The van der Waals surface area contributed by atoms with Crippen LogP contribution in [0.1, 0.15) is 10.5 Å². The molecule has 1 fully saturated rings. The highest BCUT2D eigenvalue weighted by molar-refractivity contribution is 6.41. The number of carbonyl (C=O) groups excluding carboxylic acids is 1. The van der Waals surface area contributed by atoms with Gasteiger partial charge in [0.15, 0.2) is 11.5 Å². The molecule has 0 spiro atoms. The highest BCUT2D eigenvalue weighted by atomic mass is 35.5. The summed E-state index contributed by atoms with van der Waals surface area (Å²) in [6.45, 7) is 3.64. The number of H-pyrrole nitrogens is 1. The molecule has 4 aromatic rings. The number of ether oxygens (including phenoxy) is 2. The lowest BCUT2D eigenvalue weighted by Gasteiger charge is -2.32. The van der Waals surface area contributed by atoms with Gasteiger partial charge in [0, 0.05) is 37.8 Å². The van der Waals surface area contributed by atoms with E-state index < -0.39 is 5.91 Å². The van der Waals surface area contributed by atoms with Crippen LogP contribution in [0.3, 0.4) is 0 Å². The highest BCUT2D eigenvalue weighted by Crippen LogP contribution is 2.45. The lowest BCUT2D eigenvalue weighted by Crippen LogP contribution is -2.44. The van der Waals surface area contributed by atoms with E-state index in [2.05, 4.69) is 47.3 Å². The van der Waals surface area contributed by atoms with E-state index in [0.29, 0.717) is 49.7 Å². The number of methoxy groups -OCH3 is 2. The lowest BCUT2D eigenvalue weighted by molar-refractivity contribution is 0.102. The van der Waals surface area contributed by atoms with Crippen molar-refractivity contribution in [1.82, 2.24) is 30.0 Å². The molecule has 1 amide bonds. The van der Waals surface area contributed by atoms with E-state index in [1.54, 1.807) is 24.4 Å². The molecule has 1 aliphatic rings. The second-order valence-corrected chi connectivity index (χ2v) is 9.21. The Kier molecular flexibility index (Phi) is 7.00. The maximum absolute atomic E-state index is 12.8. The first-order valence-electron chi connectivity index (χ1n) is 11.4. The SMILES string of the molecule is COc1cc(OC)c(Cl)c(-c2ccc3c(NC(=O)c4cnc(N5CCN(C)CC5)cn4)n[nH]c3n2)c1Cl. The Hall–Kier alpha value is -3.67. The Morgan fingerprint density at radius 3 is 2.35 bits per heavy atom. The topological polar surface area (TPSA) is 121 Å². The summed E-state index contributed by atoms with van der Waals surface area (Å²) >= 11 is 13.1. The van der Waals surface area contributed by atoms with Crippen molar-refractivity contribution in [3.63, 3.8) is 0 Å². The molecular formula is C24H24Cl2N8O3. The first kappa shape index (κ1) is 25.0. The lowest BCUT2D eigenvalue weighted by atomic mass is 10.1. The number of halogens is 2. The van der Waals surface area contributed by atoms with Crippen LogP contribution in [0.15, 0.2) is 30.6 Å². The average Bonchev–Trinajstić information content (AvgIpc) is 3.31. The number of aromatic nitrogens is 5. The van der Waals surface area contributed by atoms with Gasteiger partial charge in [0.05, 0.1) is 47.7 Å². The fourth-order valence-corrected chi connectivity index (χ4v) is 4.75. The molecular weight excluding hydrogens is 519 g/mol. The summed E-state index contributed by atoms with van der Waals surface area (Å²) in [5, 5.41) is 11.0. The van der Waals surface area contributed by atoms with Crippen LogP contribution in [0, 0.1) is 0 Å². The van der Waals surface area contributed by atoms with Gasteiger partial charge in [0.1, 0.15) is 23.0 Å². The third-order valence-electron chi connectivity index (χ3n) is 6.18. The van der Waals surface area contributed by atoms with Crippen LogP contribution in [0.25, 0.3) is 22.3 Å². The summed E-state index contributed by atoms with van der Waals surface area (Å²) < 4.78 is 10.7. The van der Waals surface area contributed by atoms with E-state index in [9.17, 15) is 4.79 Å². The van der Waals surface area contributed by atoms with Crippen LogP contribution in [0.5, 0.6) is 11.5 Å². The van der Waals surface area contributed by atoms with Gasteiger partial charge in [0.25, 0.3) is 5.91 Å². The monoisotopic (exact) mass is 542 g/mol. The number of aromatic amines is 1. The largest absolute Gasteiger partial charge is 0.495 e. The van der Waals surface area contributed by atoms with Crippen LogP contribution in [0.2, 0.25) is 10.0 Å². The molecule has 5 rings (SSSR count). The zero-order valence-corrected chi connectivity index (χ0v) is 21.9. The molecule has 2 N–H and O–H groups in total. The Labute approximate surface area is 222 Å². The predicted octanol–water partition coefficient (Wildman–Crippen LogP) is 3.74. The number of fused-ring (bicyclic) bond motifs is 1. The molecule has 0 saturated carbocycles. The summed E-state index contributed by atoms with van der Waals surface area (Å²) in [4.78, 5) is 30.6. The number of anilines is 2. The van der Waals surface area contributed by atoms with Crippen molar-refractivity contribution in [3.05, 3.63) is 46.3 Å². The minimum absolute atomic E-state index is 0.181. The normalized spacial score (nSPS) is 14.1. The van der Waals surface area contributed by atoms with Gasteiger partial charge >= 0.3 is 0 Å². The summed E-state index contributed by atoms with van der Waals surface area (Å²) in [7, 11) is 5.10. The van der Waals surface area contributed by atoms with Gasteiger partial charge in [-0.25, -0.2) is 15.0 Å². The first-order valence-corrected chi connectivity index (χ1v) is 12.2. The van der Waals surface area contributed by atoms with E-state index in [1.807, 2.05) is 0 Å². The van der Waals surface area contributed by atoms with Crippen molar-refractivity contribution in [1.29, 1.82) is 0 Å². The highest BCUT2D eigenvalue weighted by Gasteiger charge is 2.22.